The lowest BCUT2D eigenvalue weighted by Gasteiger charge is -2.27. The highest BCUT2D eigenvalue weighted by atomic mass is 32.1. The molecule has 94 valence electrons. The van der Waals surface area contributed by atoms with Crippen LogP contribution in [-0.2, 0) is 4.79 Å². The van der Waals surface area contributed by atoms with Gasteiger partial charge in [0.05, 0.1) is 0 Å². The molecule has 1 heterocycles. The van der Waals surface area contributed by atoms with Crippen LogP contribution in [0.4, 0.5) is 5.13 Å². The molecule has 1 aliphatic rings. The van der Waals surface area contributed by atoms with Crippen LogP contribution in [0.1, 0.15) is 37.1 Å². The van der Waals surface area contributed by atoms with E-state index in [1.807, 2.05) is 6.92 Å². The average Bonchev–Trinajstić information content (AvgIpc) is 2.73. The standard InChI is InChI=1S/C11H17N3O2S/c1-7-13-14-11(17-7)12-9(10(15)16)8-5-3-2-4-6-8/h8-9H,2-6H2,1H3,(H,12,14)(H,15,16). The summed E-state index contributed by atoms with van der Waals surface area (Å²) in [5, 5.41) is 21.6. The first kappa shape index (κ1) is 12.3. The van der Waals surface area contributed by atoms with Crippen LogP contribution < -0.4 is 5.32 Å². The second-order valence-electron chi connectivity index (χ2n) is 4.48. The molecule has 0 amide bonds. The molecular formula is C11H17N3O2S. The molecule has 5 nitrogen and oxygen atoms in total. The van der Waals surface area contributed by atoms with E-state index in [9.17, 15) is 9.90 Å². The number of nitrogens with one attached hydrogen (secondary N) is 1. The summed E-state index contributed by atoms with van der Waals surface area (Å²) in [6.45, 7) is 1.86. The molecule has 1 aromatic rings. The number of aromatic nitrogens is 2. The van der Waals surface area contributed by atoms with Gasteiger partial charge in [0.2, 0.25) is 5.13 Å². The first-order valence-corrected chi connectivity index (χ1v) is 6.78. The van der Waals surface area contributed by atoms with Crippen molar-refractivity contribution in [3.63, 3.8) is 0 Å². The number of aryl methyl sites for hydroxylation is 1. The van der Waals surface area contributed by atoms with E-state index in [1.165, 1.54) is 17.8 Å². The monoisotopic (exact) mass is 255 g/mol. The van der Waals surface area contributed by atoms with Gasteiger partial charge in [0.15, 0.2) is 0 Å². The van der Waals surface area contributed by atoms with E-state index >= 15 is 0 Å². The van der Waals surface area contributed by atoms with Crippen molar-refractivity contribution in [2.24, 2.45) is 5.92 Å². The third-order valence-corrected chi connectivity index (χ3v) is 3.96. The lowest BCUT2D eigenvalue weighted by atomic mass is 9.84. The topological polar surface area (TPSA) is 75.1 Å². The van der Waals surface area contributed by atoms with Gasteiger partial charge < -0.3 is 10.4 Å². The van der Waals surface area contributed by atoms with Gasteiger partial charge in [0.25, 0.3) is 0 Å². The van der Waals surface area contributed by atoms with Crippen LogP contribution in [0.2, 0.25) is 0 Å². The van der Waals surface area contributed by atoms with E-state index in [2.05, 4.69) is 15.5 Å². The molecule has 2 N–H and O–H groups in total. The van der Waals surface area contributed by atoms with Crippen molar-refractivity contribution in [2.75, 3.05) is 5.32 Å². The molecule has 1 unspecified atom stereocenters. The summed E-state index contributed by atoms with van der Waals surface area (Å²) in [5.41, 5.74) is 0. The molecule has 0 aromatic carbocycles. The Hall–Kier alpha value is -1.17. The molecule has 2 rings (SSSR count). The van der Waals surface area contributed by atoms with Crippen molar-refractivity contribution in [3.05, 3.63) is 5.01 Å². The second-order valence-corrected chi connectivity index (χ2v) is 5.67. The first-order valence-electron chi connectivity index (χ1n) is 5.96. The summed E-state index contributed by atoms with van der Waals surface area (Å²) >= 11 is 1.40. The van der Waals surface area contributed by atoms with Crippen molar-refractivity contribution < 1.29 is 9.90 Å². The Morgan fingerprint density at radius 3 is 2.65 bits per heavy atom. The summed E-state index contributed by atoms with van der Waals surface area (Å²) in [6.07, 6.45) is 5.46. The van der Waals surface area contributed by atoms with E-state index in [1.54, 1.807) is 0 Å². The van der Waals surface area contributed by atoms with E-state index < -0.39 is 12.0 Å². The number of aliphatic carboxylic acids is 1. The molecule has 0 saturated heterocycles. The molecule has 0 spiro atoms. The average molecular weight is 255 g/mol. The van der Waals surface area contributed by atoms with Crippen LogP contribution in [0, 0.1) is 12.8 Å². The van der Waals surface area contributed by atoms with Gasteiger partial charge in [-0.3, -0.25) is 0 Å². The number of rotatable bonds is 4. The summed E-state index contributed by atoms with van der Waals surface area (Å²) in [4.78, 5) is 11.3. The van der Waals surface area contributed by atoms with Crippen LogP contribution in [0.15, 0.2) is 0 Å². The molecule has 1 aliphatic carbocycles. The van der Waals surface area contributed by atoms with Gasteiger partial charge in [-0.2, -0.15) is 0 Å². The molecule has 1 fully saturated rings. The molecule has 1 atom stereocenters. The lowest BCUT2D eigenvalue weighted by molar-refractivity contribution is -0.139. The summed E-state index contributed by atoms with van der Waals surface area (Å²) < 4.78 is 0. The predicted molar refractivity (Wildman–Crippen MR) is 66.3 cm³/mol. The Morgan fingerprint density at radius 1 is 1.41 bits per heavy atom. The highest BCUT2D eigenvalue weighted by molar-refractivity contribution is 7.15. The zero-order chi connectivity index (χ0) is 12.3. The zero-order valence-corrected chi connectivity index (χ0v) is 10.7. The van der Waals surface area contributed by atoms with Crippen LogP contribution in [0.25, 0.3) is 0 Å². The lowest BCUT2D eigenvalue weighted by Crippen LogP contribution is -2.37. The van der Waals surface area contributed by atoms with Gasteiger partial charge in [0.1, 0.15) is 11.0 Å². The van der Waals surface area contributed by atoms with Gasteiger partial charge in [-0.15, -0.1) is 10.2 Å². The zero-order valence-electron chi connectivity index (χ0n) is 9.85. The molecule has 0 radical (unpaired) electrons. The number of carboxylic acid groups (broad SMARTS) is 1. The molecular weight excluding hydrogens is 238 g/mol. The summed E-state index contributed by atoms with van der Waals surface area (Å²) in [5.74, 6) is -0.574. The maximum Gasteiger partial charge on any atom is 0.326 e. The molecule has 0 bridgehead atoms. The SMILES string of the molecule is Cc1nnc(NC(C(=O)O)C2CCCCC2)s1. The summed E-state index contributed by atoms with van der Waals surface area (Å²) in [6, 6.07) is -0.525. The van der Waals surface area contributed by atoms with Crippen molar-refractivity contribution in [1.29, 1.82) is 0 Å². The van der Waals surface area contributed by atoms with Gasteiger partial charge in [0, 0.05) is 0 Å². The molecule has 1 saturated carbocycles. The third-order valence-electron chi connectivity index (χ3n) is 3.19. The summed E-state index contributed by atoms with van der Waals surface area (Å²) in [7, 11) is 0. The highest BCUT2D eigenvalue weighted by Gasteiger charge is 2.29. The fourth-order valence-corrected chi connectivity index (χ4v) is 2.97. The van der Waals surface area contributed by atoms with Crippen molar-refractivity contribution in [1.82, 2.24) is 10.2 Å². The largest absolute Gasteiger partial charge is 0.480 e. The van der Waals surface area contributed by atoms with E-state index in [-0.39, 0.29) is 5.92 Å². The van der Waals surface area contributed by atoms with Crippen LogP contribution in [0.3, 0.4) is 0 Å². The van der Waals surface area contributed by atoms with Crippen molar-refractivity contribution in [3.8, 4) is 0 Å². The number of anilines is 1. The fraction of sp³-hybridized carbons (Fsp3) is 0.727. The molecule has 17 heavy (non-hydrogen) atoms. The first-order chi connectivity index (χ1) is 8.16. The maximum absolute atomic E-state index is 11.3. The fourth-order valence-electron chi connectivity index (χ4n) is 2.34. The van der Waals surface area contributed by atoms with Crippen molar-refractivity contribution in [2.45, 2.75) is 45.1 Å². The normalized spacial score (nSPS) is 18.9. The quantitative estimate of drug-likeness (QED) is 0.863. The Morgan fingerprint density at radius 2 is 2.12 bits per heavy atom. The molecule has 6 heteroatoms. The Bertz CT molecular complexity index is 388. The van der Waals surface area contributed by atoms with E-state index in [4.69, 9.17) is 0 Å². The van der Waals surface area contributed by atoms with Gasteiger partial charge in [-0.1, -0.05) is 30.6 Å². The van der Waals surface area contributed by atoms with Crippen LogP contribution >= 0.6 is 11.3 Å². The van der Waals surface area contributed by atoms with Crippen LogP contribution in [0.5, 0.6) is 0 Å². The Labute approximate surface area is 104 Å². The van der Waals surface area contributed by atoms with Crippen LogP contribution in [-0.4, -0.2) is 27.3 Å². The van der Waals surface area contributed by atoms with Gasteiger partial charge >= 0.3 is 5.97 Å². The third kappa shape index (κ3) is 3.15. The number of carboxylic acids is 1. The minimum absolute atomic E-state index is 0.213. The van der Waals surface area contributed by atoms with E-state index in [0.29, 0.717) is 5.13 Å². The van der Waals surface area contributed by atoms with Gasteiger partial charge in [-0.05, 0) is 25.7 Å². The maximum atomic E-state index is 11.3. The molecule has 0 aliphatic heterocycles. The van der Waals surface area contributed by atoms with Crippen molar-refractivity contribution >= 4 is 22.4 Å². The minimum Gasteiger partial charge on any atom is -0.480 e. The number of hydrogen-bond acceptors (Lipinski definition) is 5. The van der Waals surface area contributed by atoms with Gasteiger partial charge in [-0.25, -0.2) is 4.79 Å². The second kappa shape index (κ2) is 5.44. The number of hydrogen-bond donors (Lipinski definition) is 2. The Balaban J connectivity index is 2.03. The van der Waals surface area contributed by atoms with E-state index in [0.717, 1.165) is 30.7 Å². The number of nitrogens with zero attached hydrogens (tertiary/aromatic N) is 2. The smallest absolute Gasteiger partial charge is 0.326 e. The predicted octanol–water partition coefficient (Wildman–Crippen LogP) is 2.29. The highest BCUT2D eigenvalue weighted by Crippen LogP contribution is 2.29. The Kier molecular flexibility index (Phi) is 3.93. The molecule has 1 aromatic heterocycles. The minimum atomic E-state index is -0.787. The number of carbonyl (C=O) groups is 1.